The molecular formula is C18H18N2O2S. The molecule has 1 N–H and O–H groups in total. The molecule has 0 bridgehead atoms. The predicted molar refractivity (Wildman–Crippen MR) is 92.5 cm³/mol. The molecular weight excluding hydrogens is 308 g/mol. The minimum Gasteiger partial charge on any atom is -0.508 e. The van der Waals surface area contributed by atoms with E-state index in [1.54, 1.807) is 24.3 Å². The van der Waals surface area contributed by atoms with Crippen molar-refractivity contribution < 1.29 is 9.52 Å². The van der Waals surface area contributed by atoms with E-state index in [0.717, 1.165) is 24.8 Å². The van der Waals surface area contributed by atoms with Crippen LogP contribution in [0.1, 0.15) is 29.5 Å². The lowest BCUT2D eigenvalue weighted by Crippen LogP contribution is -1.93. The van der Waals surface area contributed by atoms with Gasteiger partial charge in [-0.25, -0.2) is 0 Å². The molecule has 0 saturated heterocycles. The summed E-state index contributed by atoms with van der Waals surface area (Å²) in [5, 5.41) is 17.4. The predicted octanol–water partition coefficient (Wildman–Crippen LogP) is 4.44. The molecule has 0 saturated carbocycles. The first-order valence-corrected chi connectivity index (χ1v) is 8.09. The Morgan fingerprint density at radius 1 is 1.00 bits per heavy atom. The summed E-state index contributed by atoms with van der Waals surface area (Å²) < 4.78 is 5.69. The maximum absolute atomic E-state index is 9.31. The maximum Gasteiger partial charge on any atom is 0.247 e. The zero-order chi connectivity index (χ0) is 16.1. The highest BCUT2D eigenvalue weighted by molar-refractivity contribution is 7.80. The summed E-state index contributed by atoms with van der Waals surface area (Å²) in [6, 6.07) is 17.1. The maximum atomic E-state index is 9.31. The minimum atomic E-state index is -0.0722. The lowest BCUT2D eigenvalue weighted by atomic mass is 10.1. The van der Waals surface area contributed by atoms with Gasteiger partial charge in [-0.1, -0.05) is 30.3 Å². The first kappa shape index (κ1) is 15.6. The molecule has 3 rings (SSSR count). The number of phenols is 1. The number of thiol groups is 1. The highest BCUT2D eigenvalue weighted by atomic mass is 32.1. The van der Waals surface area contributed by atoms with E-state index in [0.29, 0.717) is 11.8 Å². The van der Waals surface area contributed by atoms with Crippen LogP contribution in [0.3, 0.4) is 0 Å². The van der Waals surface area contributed by atoms with E-state index in [1.165, 1.54) is 5.56 Å². The summed E-state index contributed by atoms with van der Waals surface area (Å²) in [6.07, 6.45) is 2.89. The first-order chi connectivity index (χ1) is 11.2. The molecule has 5 heteroatoms. The Hall–Kier alpha value is -2.27. The quantitative estimate of drug-likeness (QED) is 0.658. The summed E-state index contributed by atoms with van der Waals surface area (Å²) in [6.45, 7) is 0. The van der Waals surface area contributed by atoms with Crippen molar-refractivity contribution in [3.8, 4) is 17.2 Å². The second-order valence-electron chi connectivity index (χ2n) is 5.39. The van der Waals surface area contributed by atoms with Gasteiger partial charge in [0, 0.05) is 5.56 Å². The van der Waals surface area contributed by atoms with Crippen LogP contribution in [0.15, 0.2) is 59.0 Å². The number of hydrogen-bond acceptors (Lipinski definition) is 5. The highest BCUT2D eigenvalue weighted by Gasteiger charge is 2.15. The van der Waals surface area contributed by atoms with Gasteiger partial charge in [0.2, 0.25) is 11.8 Å². The van der Waals surface area contributed by atoms with E-state index in [-0.39, 0.29) is 11.0 Å². The fraction of sp³-hybridized carbons (Fsp3) is 0.222. The standard InChI is InChI=1S/C18H18N2O2S/c21-15-11-9-14(10-12-15)17-19-20-18(22-17)16(23)8-4-7-13-5-2-1-3-6-13/h1-3,5-6,9-12,16,21,23H,4,7-8H2. The zero-order valence-corrected chi connectivity index (χ0v) is 13.5. The van der Waals surface area contributed by atoms with E-state index in [4.69, 9.17) is 4.42 Å². The van der Waals surface area contributed by atoms with Crippen molar-refractivity contribution in [3.05, 3.63) is 66.1 Å². The van der Waals surface area contributed by atoms with Gasteiger partial charge in [-0.2, -0.15) is 12.6 Å². The number of aryl methyl sites for hydroxylation is 1. The molecule has 23 heavy (non-hydrogen) atoms. The molecule has 0 aliphatic rings. The topological polar surface area (TPSA) is 59.2 Å². The van der Waals surface area contributed by atoms with Gasteiger partial charge in [0.1, 0.15) is 5.75 Å². The van der Waals surface area contributed by atoms with E-state index in [9.17, 15) is 5.11 Å². The molecule has 1 atom stereocenters. The van der Waals surface area contributed by atoms with Gasteiger partial charge < -0.3 is 9.52 Å². The monoisotopic (exact) mass is 326 g/mol. The molecule has 1 unspecified atom stereocenters. The van der Waals surface area contributed by atoms with E-state index in [1.807, 2.05) is 6.07 Å². The lowest BCUT2D eigenvalue weighted by Gasteiger charge is -2.06. The number of benzene rings is 2. The Kier molecular flexibility index (Phi) is 4.98. The molecule has 118 valence electrons. The number of aromatic hydroxyl groups is 1. The van der Waals surface area contributed by atoms with Crippen molar-refractivity contribution >= 4 is 12.6 Å². The van der Waals surface area contributed by atoms with Crippen LogP contribution in [0.4, 0.5) is 0 Å². The van der Waals surface area contributed by atoms with Crippen molar-refractivity contribution in [3.63, 3.8) is 0 Å². The average Bonchev–Trinajstić information content (AvgIpc) is 3.06. The molecule has 1 aromatic heterocycles. The summed E-state index contributed by atoms with van der Waals surface area (Å²) in [5.41, 5.74) is 2.11. The number of phenolic OH excluding ortho intramolecular Hbond substituents is 1. The van der Waals surface area contributed by atoms with E-state index < -0.39 is 0 Å². The number of aromatic nitrogens is 2. The molecule has 0 fully saturated rings. The number of hydrogen-bond donors (Lipinski definition) is 2. The van der Waals surface area contributed by atoms with Crippen LogP contribution in [0.2, 0.25) is 0 Å². The molecule has 0 radical (unpaired) electrons. The van der Waals surface area contributed by atoms with Crippen molar-refractivity contribution in [2.24, 2.45) is 0 Å². The van der Waals surface area contributed by atoms with Crippen LogP contribution in [0.5, 0.6) is 5.75 Å². The molecule has 2 aromatic carbocycles. The zero-order valence-electron chi connectivity index (χ0n) is 12.6. The molecule has 0 aliphatic carbocycles. The van der Waals surface area contributed by atoms with Crippen LogP contribution in [0, 0.1) is 0 Å². The second kappa shape index (κ2) is 7.33. The van der Waals surface area contributed by atoms with Crippen LogP contribution in [-0.2, 0) is 6.42 Å². The van der Waals surface area contributed by atoms with E-state index in [2.05, 4.69) is 47.1 Å². The largest absolute Gasteiger partial charge is 0.508 e. The average molecular weight is 326 g/mol. The molecule has 4 nitrogen and oxygen atoms in total. The first-order valence-electron chi connectivity index (χ1n) is 7.57. The molecule has 3 aromatic rings. The fourth-order valence-corrected chi connectivity index (χ4v) is 2.64. The van der Waals surface area contributed by atoms with Crippen molar-refractivity contribution in [2.45, 2.75) is 24.5 Å². The van der Waals surface area contributed by atoms with Gasteiger partial charge in [-0.05, 0) is 49.1 Å². The molecule has 0 spiro atoms. The lowest BCUT2D eigenvalue weighted by molar-refractivity contribution is 0.475. The Bertz CT molecular complexity index is 741. The molecule has 1 heterocycles. The summed E-state index contributed by atoms with van der Waals surface area (Å²) in [5.74, 6) is 1.19. The van der Waals surface area contributed by atoms with Gasteiger partial charge in [-0.15, -0.1) is 10.2 Å². The Labute approximate surface area is 140 Å². The van der Waals surface area contributed by atoms with Gasteiger partial charge in [0.15, 0.2) is 0 Å². The Morgan fingerprint density at radius 2 is 1.74 bits per heavy atom. The number of rotatable bonds is 6. The SMILES string of the molecule is Oc1ccc(-c2nnc(C(S)CCCc3ccccc3)o2)cc1. The van der Waals surface area contributed by atoms with Crippen LogP contribution >= 0.6 is 12.6 Å². The van der Waals surface area contributed by atoms with Gasteiger partial charge in [0.05, 0.1) is 5.25 Å². The van der Waals surface area contributed by atoms with Crippen molar-refractivity contribution in [2.75, 3.05) is 0 Å². The highest BCUT2D eigenvalue weighted by Crippen LogP contribution is 2.28. The third-order valence-corrected chi connectivity index (χ3v) is 4.10. The Balaban J connectivity index is 1.58. The smallest absolute Gasteiger partial charge is 0.247 e. The van der Waals surface area contributed by atoms with Gasteiger partial charge in [0.25, 0.3) is 0 Å². The third kappa shape index (κ3) is 4.13. The van der Waals surface area contributed by atoms with Crippen LogP contribution < -0.4 is 0 Å². The second-order valence-corrected chi connectivity index (χ2v) is 6.01. The Morgan fingerprint density at radius 3 is 2.48 bits per heavy atom. The summed E-state index contributed by atoms with van der Waals surface area (Å²) in [7, 11) is 0. The summed E-state index contributed by atoms with van der Waals surface area (Å²) >= 11 is 4.57. The van der Waals surface area contributed by atoms with Gasteiger partial charge in [-0.3, -0.25) is 0 Å². The van der Waals surface area contributed by atoms with Crippen LogP contribution in [0.25, 0.3) is 11.5 Å². The summed E-state index contributed by atoms with van der Waals surface area (Å²) in [4.78, 5) is 0. The van der Waals surface area contributed by atoms with Gasteiger partial charge >= 0.3 is 0 Å². The minimum absolute atomic E-state index is 0.0722. The van der Waals surface area contributed by atoms with Crippen molar-refractivity contribution in [1.29, 1.82) is 0 Å². The van der Waals surface area contributed by atoms with Crippen molar-refractivity contribution in [1.82, 2.24) is 10.2 Å². The molecule has 0 aliphatic heterocycles. The number of nitrogens with zero attached hydrogens (tertiary/aromatic N) is 2. The van der Waals surface area contributed by atoms with E-state index >= 15 is 0 Å². The molecule has 0 amide bonds. The fourth-order valence-electron chi connectivity index (χ4n) is 2.36. The third-order valence-electron chi connectivity index (χ3n) is 3.63. The normalized spacial score (nSPS) is 12.2. The van der Waals surface area contributed by atoms with Crippen LogP contribution in [-0.4, -0.2) is 15.3 Å².